The van der Waals surface area contributed by atoms with Crippen molar-refractivity contribution >= 4 is 12.0 Å². The van der Waals surface area contributed by atoms with Gasteiger partial charge in [0.1, 0.15) is 5.92 Å². The number of likely N-dealkylation sites (N-methyl/N-ethyl adjacent to an activating group) is 2. The molecule has 1 heterocycles. The van der Waals surface area contributed by atoms with Gasteiger partial charge in [-0.2, -0.15) is 0 Å². The first kappa shape index (κ1) is 17.7. The fourth-order valence-electron chi connectivity index (χ4n) is 2.58. The maximum Gasteiger partial charge on any atom is 0.317 e. The Morgan fingerprint density at radius 3 is 2.38 bits per heavy atom. The molecule has 1 rings (SSSR count). The van der Waals surface area contributed by atoms with E-state index >= 15 is 0 Å². The maximum atomic E-state index is 12.2. The summed E-state index contributed by atoms with van der Waals surface area (Å²) in [5.74, 6) is -1.55. The molecule has 0 aliphatic carbocycles. The molecule has 2 amide bonds. The zero-order chi connectivity index (χ0) is 15.8. The van der Waals surface area contributed by atoms with E-state index < -0.39 is 11.9 Å². The van der Waals surface area contributed by atoms with Crippen molar-refractivity contribution in [1.29, 1.82) is 0 Å². The molecule has 0 aromatic heterocycles. The van der Waals surface area contributed by atoms with Gasteiger partial charge in [-0.25, -0.2) is 4.79 Å². The van der Waals surface area contributed by atoms with Gasteiger partial charge in [-0.1, -0.05) is 13.8 Å². The van der Waals surface area contributed by atoms with Crippen molar-refractivity contribution in [1.82, 2.24) is 15.1 Å². The summed E-state index contributed by atoms with van der Waals surface area (Å²) in [5.41, 5.74) is 0. The zero-order valence-corrected chi connectivity index (χ0v) is 13.2. The molecular weight excluding hydrogens is 274 g/mol. The molecule has 0 saturated carbocycles. The lowest BCUT2D eigenvalue weighted by atomic mass is 10.0. The van der Waals surface area contributed by atoms with Crippen LogP contribution in [0.4, 0.5) is 4.79 Å². The summed E-state index contributed by atoms with van der Waals surface area (Å²) >= 11 is 0. The first-order valence-electron chi connectivity index (χ1n) is 7.62. The minimum absolute atomic E-state index is 0.170. The summed E-state index contributed by atoms with van der Waals surface area (Å²) in [6, 6.07) is -0.604. The second-order valence-corrected chi connectivity index (χ2v) is 5.09. The highest BCUT2D eigenvalue weighted by molar-refractivity contribution is 5.77. The predicted octanol–water partition coefficient (Wildman–Crippen LogP) is 0.459. The van der Waals surface area contributed by atoms with Crippen LogP contribution >= 0.6 is 0 Å². The predicted molar refractivity (Wildman–Crippen MR) is 79.3 cm³/mol. The molecule has 0 bridgehead atoms. The lowest BCUT2D eigenvalue weighted by Crippen LogP contribution is -2.51. The van der Waals surface area contributed by atoms with Crippen LogP contribution < -0.4 is 5.32 Å². The molecule has 1 aliphatic rings. The first-order chi connectivity index (χ1) is 10.0. The number of hydrogen-bond acceptors (Lipinski definition) is 4. The van der Waals surface area contributed by atoms with Gasteiger partial charge in [-0.05, 0) is 20.0 Å². The third-order valence-corrected chi connectivity index (χ3v) is 3.97. The Morgan fingerprint density at radius 1 is 1.19 bits per heavy atom. The fraction of sp³-hybridized carbons (Fsp3) is 0.857. The highest BCUT2D eigenvalue weighted by Gasteiger charge is 2.39. The summed E-state index contributed by atoms with van der Waals surface area (Å²) in [4.78, 5) is 27.2. The van der Waals surface area contributed by atoms with Gasteiger partial charge < -0.3 is 25.0 Å². The molecule has 122 valence electrons. The van der Waals surface area contributed by atoms with Crippen LogP contribution in [0.5, 0.6) is 0 Å². The topological polar surface area (TPSA) is 82.1 Å². The lowest BCUT2D eigenvalue weighted by Gasteiger charge is -2.29. The SMILES string of the molecule is CCN(CC)CCNC(=O)N(CC)C1COCC1C(=O)O. The molecule has 2 N–H and O–H groups in total. The smallest absolute Gasteiger partial charge is 0.317 e. The molecule has 1 saturated heterocycles. The second kappa shape index (κ2) is 8.84. The Bertz CT molecular complexity index is 347. The number of hydrogen-bond donors (Lipinski definition) is 2. The Kier molecular flexibility index (Phi) is 7.45. The van der Waals surface area contributed by atoms with E-state index in [1.54, 1.807) is 4.90 Å². The molecule has 21 heavy (non-hydrogen) atoms. The van der Waals surface area contributed by atoms with Crippen molar-refractivity contribution in [3.05, 3.63) is 0 Å². The average Bonchev–Trinajstić information content (AvgIpc) is 2.94. The normalized spacial score (nSPS) is 21.5. The quantitative estimate of drug-likeness (QED) is 0.680. The van der Waals surface area contributed by atoms with Gasteiger partial charge in [0.05, 0.1) is 19.3 Å². The molecule has 7 heteroatoms. The Morgan fingerprint density at radius 2 is 1.86 bits per heavy atom. The Hall–Kier alpha value is -1.34. The lowest BCUT2D eigenvalue weighted by molar-refractivity contribution is -0.142. The number of rotatable bonds is 8. The van der Waals surface area contributed by atoms with Crippen LogP contribution in [0.25, 0.3) is 0 Å². The van der Waals surface area contributed by atoms with Crippen LogP contribution in [0.3, 0.4) is 0 Å². The molecule has 0 radical (unpaired) electrons. The van der Waals surface area contributed by atoms with Crippen LogP contribution in [0.15, 0.2) is 0 Å². The number of nitrogens with zero attached hydrogens (tertiary/aromatic N) is 2. The zero-order valence-electron chi connectivity index (χ0n) is 13.2. The van der Waals surface area contributed by atoms with Crippen molar-refractivity contribution in [2.45, 2.75) is 26.8 Å². The number of ether oxygens (including phenoxy) is 1. The third-order valence-electron chi connectivity index (χ3n) is 3.97. The van der Waals surface area contributed by atoms with Crippen LogP contribution in [-0.4, -0.2) is 78.9 Å². The first-order valence-corrected chi connectivity index (χ1v) is 7.62. The Labute approximate surface area is 126 Å². The monoisotopic (exact) mass is 301 g/mol. The number of amides is 2. The summed E-state index contributed by atoms with van der Waals surface area (Å²) in [7, 11) is 0. The van der Waals surface area contributed by atoms with Crippen LogP contribution in [-0.2, 0) is 9.53 Å². The number of nitrogens with one attached hydrogen (secondary N) is 1. The minimum atomic E-state index is -0.910. The van der Waals surface area contributed by atoms with Crippen molar-refractivity contribution in [2.24, 2.45) is 5.92 Å². The fourth-order valence-corrected chi connectivity index (χ4v) is 2.58. The van der Waals surface area contributed by atoms with Crippen LogP contribution in [0.2, 0.25) is 0 Å². The van der Waals surface area contributed by atoms with E-state index in [1.165, 1.54) is 0 Å². The molecule has 2 unspecified atom stereocenters. The molecule has 0 aromatic carbocycles. The van der Waals surface area contributed by atoms with Gasteiger partial charge in [0, 0.05) is 19.6 Å². The minimum Gasteiger partial charge on any atom is -0.481 e. The van der Waals surface area contributed by atoms with E-state index in [1.807, 2.05) is 6.92 Å². The molecule has 7 nitrogen and oxygen atoms in total. The van der Waals surface area contributed by atoms with Crippen molar-refractivity contribution < 1.29 is 19.4 Å². The van der Waals surface area contributed by atoms with E-state index in [0.717, 1.165) is 19.6 Å². The van der Waals surface area contributed by atoms with E-state index in [-0.39, 0.29) is 25.3 Å². The highest BCUT2D eigenvalue weighted by atomic mass is 16.5. The summed E-state index contributed by atoms with van der Waals surface area (Å²) in [5, 5.41) is 12.0. The summed E-state index contributed by atoms with van der Waals surface area (Å²) in [6.45, 7) is 10.2. The molecule has 2 atom stereocenters. The summed E-state index contributed by atoms with van der Waals surface area (Å²) in [6.07, 6.45) is 0. The number of carbonyl (C=O) groups excluding carboxylic acids is 1. The number of carbonyl (C=O) groups is 2. The van der Waals surface area contributed by atoms with Crippen molar-refractivity contribution in [3.8, 4) is 0 Å². The molecule has 1 fully saturated rings. The van der Waals surface area contributed by atoms with Crippen LogP contribution in [0, 0.1) is 5.92 Å². The van der Waals surface area contributed by atoms with E-state index in [9.17, 15) is 14.7 Å². The number of urea groups is 1. The second-order valence-electron chi connectivity index (χ2n) is 5.09. The molecule has 0 aromatic rings. The van der Waals surface area contributed by atoms with Gasteiger partial charge >= 0.3 is 12.0 Å². The van der Waals surface area contributed by atoms with Crippen molar-refractivity contribution in [2.75, 3.05) is 45.9 Å². The molecule has 1 aliphatic heterocycles. The molecular formula is C14H27N3O4. The Balaban J connectivity index is 2.51. The highest BCUT2D eigenvalue weighted by Crippen LogP contribution is 2.20. The largest absolute Gasteiger partial charge is 0.481 e. The van der Waals surface area contributed by atoms with E-state index in [4.69, 9.17) is 4.74 Å². The van der Waals surface area contributed by atoms with E-state index in [0.29, 0.717) is 13.1 Å². The average molecular weight is 301 g/mol. The number of aliphatic carboxylic acids is 1. The third kappa shape index (κ3) is 4.86. The van der Waals surface area contributed by atoms with E-state index in [2.05, 4.69) is 24.1 Å². The number of carboxylic acid groups (broad SMARTS) is 1. The van der Waals surface area contributed by atoms with Gasteiger partial charge in [-0.15, -0.1) is 0 Å². The standard InChI is InChI=1S/C14H27N3O4/c1-4-16(5-2)8-7-15-14(20)17(6-3)12-10-21-9-11(12)13(18)19/h11-12H,4-10H2,1-3H3,(H,15,20)(H,18,19). The summed E-state index contributed by atoms with van der Waals surface area (Å²) < 4.78 is 5.23. The van der Waals surface area contributed by atoms with Crippen LogP contribution in [0.1, 0.15) is 20.8 Å². The van der Waals surface area contributed by atoms with Crippen molar-refractivity contribution in [3.63, 3.8) is 0 Å². The maximum absolute atomic E-state index is 12.2. The van der Waals surface area contributed by atoms with Gasteiger partial charge in [0.25, 0.3) is 0 Å². The van der Waals surface area contributed by atoms with Gasteiger partial charge in [-0.3, -0.25) is 4.79 Å². The van der Waals surface area contributed by atoms with Gasteiger partial charge in [0.2, 0.25) is 0 Å². The van der Waals surface area contributed by atoms with Gasteiger partial charge in [0.15, 0.2) is 0 Å². The molecule has 0 spiro atoms. The number of carboxylic acids is 1.